The molecule has 17 heavy (non-hydrogen) atoms. The molecule has 2 N–H and O–H groups in total. The zero-order valence-electron chi connectivity index (χ0n) is 9.33. The molecule has 0 amide bonds. The Labute approximate surface area is 107 Å². The van der Waals surface area contributed by atoms with E-state index >= 15 is 0 Å². The van der Waals surface area contributed by atoms with Crippen LogP contribution in [-0.4, -0.2) is 17.0 Å². The van der Waals surface area contributed by atoms with Gasteiger partial charge in [0.25, 0.3) is 0 Å². The lowest BCUT2D eigenvalue weighted by Gasteiger charge is -2.08. The number of thioether (sulfide) groups is 2. The summed E-state index contributed by atoms with van der Waals surface area (Å²) in [5.41, 5.74) is 2.60. The molecule has 1 nitrogen and oxygen atoms in total. The summed E-state index contributed by atoms with van der Waals surface area (Å²) in [4.78, 5) is 0.961. The molecule has 96 valence electrons. The van der Waals surface area contributed by atoms with Crippen LogP contribution in [0.5, 0.6) is 0 Å². The van der Waals surface area contributed by atoms with Crippen molar-refractivity contribution in [2.24, 2.45) is 5.73 Å². The Bertz CT molecular complexity index is 353. The smallest absolute Gasteiger partial charge is 0.324 e. The van der Waals surface area contributed by atoms with E-state index in [1.807, 2.05) is 31.2 Å². The Morgan fingerprint density at radius 2 is 2.00 bits per heavy atom. The van der Waals surface area contributed by atoms with Crippen LogP contribution in [0.2, 0.25) is 0 Å². The standard InChI is InChI=1S/C11H14F3NS2/c1-8(15)9-3-2-4-10(7-9)16-5-6-17-11(12,13)14/h2-4,7-8H,5-6,15H2,1H3. The van der Waals surface area contributed by atoms with Crippen molar-refractivity contribution in [3.63, 3.8) is 0 Å². The number of nitrogens with two attached hydrogens (primary N) is 1. The molecule has 1 atom stereocenters. The lowest BCUT2D eigenvalue weighted by Crippen LogP contribution is -2.04. The number of halogens is 3. The van der Waals surface area contributed by atoms with E-state index in [-0.39, 0.29) is 23.6 Å². The summed E-state index contributed by atoms with van der Waals surface area (Å²) in [6, 6.07) is 7.54. The fourth-order valence-electron chi connectivity index (χ4n) is 1.20. The number of hydrogen-bond acceptors (Lipinski definition) is 3. The summed E-state index contributed by atoms with van der Waals surface area (Å²) in [5.74, 6) is 0.503. The highest BCUT2D eigenvalue weighted by Gasteiger charge is 2.27. The third-order valence-corrected chi connectivity index (χ3v) is 3.99. The van der Waals surface area contributed by atoms with Crippen LogP contribution in [0.25, 0.3) is 0 Å². The van der Waals surface area contributed by atoms with Crippen LogP contribution in [0.4, 0.5) is 13.2 Å². The van der Waals surface area contributed by atoms with Crippen molar-refractivity contribution in [1.29, 1.82) is 0 Å². The van der Waals surface area contributed by atoms with Crippen LogP contribution < -0.4 is 5.73 Å². The van der Waals surface area contributed by atoms with Gasteiger partial charge in [0.05, 0.1) is 0 Å². The van der Waals surface area contributed by atoms with E-state index in [0.717, 1.165) is 10.5 Å². The quantitative estimate of drug-likeness (QED) is 0.651. The minimum atomic E-state index is -4.13. The van der Waals surface area contributed by atoms with Gasteiger partial charge in [0.2, 0.25) is 0 Å². The average molecular weight is 281 g/mol. The first-order valence-electron chi connectivity index (χ1n) is 5.07. The van der Waals surface area contributed by atoms with Crippen molar-refractivity contribution in [3.8, 4) is 0 Å². The van der Waals surface area contributed by atoms with Crippen LogP contribution in [0, 0.1) is 0 Å². The van der Waals surface area contributed by atoms with Crippen LogP contribution in [-0.2, 0) is 0 Å². The van der Waals surface area contributed by atoms with E-state index in [1.54, 1.807) is 0 Å². The fourth-order valence-corrected chi connectivity index (χ4v) is 2.73. The first kappa shape index (κ1) is 14.7. The summed E-state index contributed by atoms with van der Waals surface area (Å²) in [6.45, 7) is 1.88. The molecular formula is C11H14F3NS2. The third kappa shape index (κ3) is 6.24. The van der Waals surface area contributed by atoms with E-state index < -0.39 is 5.51 Å². The molecule has 0 radical (unpaired) electrons. The summed E-state index contributed by atoms with van der Waals surface area (Å²) < 4.78 is 35.7. The molecule has 1 rings (SSSR count). The molecular weight excluding hydrogens is 267 g/mol. The van der Waals surface area contributed by atoms with Gasteiger partial charge in [0, 0.05) is 22.4 Å². The Morgan fingerprint density at radius 1 is 1.29 bits per heavy atom. The normalized spacial score (nSPS) is 13.7. The highest BCUT2D eigenvalue weighted by molar-refractivity contribution is 8.03. The SMILES string of the molecule is CC(N)c1cccc(SCCSC(F)(F)F)c1. The molecule has 0 spiro atoms. The van der Waals surface area contributed by atoms with Crippen molar-refractivity contribution in [1.82, 2.24) is 0 Å². The highest BCUT2D eigenvalue weighted by atomic mass is 32.2. The highest BCUT2D eigenvalue weighted by Crippen LogP contribution is 2.31. The van der Waals surface area contributed by atoms with Crippen molar-refractivity contribution in [3.05, 3.63) is 29.8 Å². The van der Waals surface area contributed by atoms with E-state index in [2.05, 4.69) is 0 Å². The zero-order valence-corrected chi connectivity index (χ0v) is 11.0. The monoisotopic (exact) mass is 281 g/mol. The van der Waals surface area contributed by atoms with Gasteiger partial charge in [-0.05, 0) is 24.6 Å². The number of rotatable bonds is 5. The van der Waals surface area contributed by atoms with Crippen molar-refractivity contribution >= 4 is 23.5 Å². The Hall–Kier alpha value is -0.330. The summed E-state index contributed by atoms with van der Waals surface area (Å²) in [5, 5.41) is 0. The van der Waals surface area contributed by atoms with E-state index in [1.165, 1.54) is 11.8 Å². The lowest BCUT2D eigenvalue weighted by molar-refractivity contribution is -0.0326. The largest absolute Gasteiger partial charge is 0.441 e. The topological polar surface area (TPSA) is 26.0 Å². The molecule has 1 aromatic rings. The van der Waals surface area contributed by atoms with Crippen molar-refractivity contribution in [2.75, 3.05) is 11.5 Å². The van der Waals surface area contributed by atoms with Gasteiger partial charge in [-0.15, -0.1) is 11.8 Å². The minimum absolute atomic E-state index is 0.0178. The van der Waals surface area contributed by atoms with Gasteiger partial charge in [0.15, 0.2) is 0 Å². The number of hydrogen-bond donors (Lipinski definition) is 1. The fraction of sp³-hybridized carbons (Fsp3) is 0.455. The van der Waals surface area contributed by atoms with E-state index in [9.17, 15) is 13.2 Å². The maximum atomic E-state index is 11.9. The average Bonchev–Trinajstić information content (AvgIpc) is 2.23. The minimum Gasteiger partial charge on any atom is -0.324 e. The molecule has 0 aliphatic heterocycles. The van der Waals surface area contributed by atoms with E-state index in [0.29, 0.717) is 5.75 Å². The van der Waals surface area contributed by atoms with Gasteiger partial charge in [-0.25, -0.2) is 0 Å². The molecule has 0 fully saturated rings. The molecule has 0 aliphatic carbocycles. The third-order valence-electron chi connectivity index (χ3n) is 2.00. The van der Waals surface area contributed by atoms with Crippen LogP contribution in [0.3, 0.4) is 0 Å². The Balaban J connectivity index is 2.39. The second kappa shape index (κ2) is 6.56. The predicted octanol–water partition coefficient (Wildman–Crippen LogP) is 4.05. The van der Waals surface area contributed by atoms with Gasteiger partial charge >= 0.3 is 5.51 Å². The molecule has 0 aromatic heterocycles. The maximum Gasteiger partial charge on any atom is 0.441 e. The summed E-state index contributed by atoms with van der Waals surface area (Å²) in [7, 11) is 0. The molecule has 0 saturated carbocycles. The maximum absolute atomic E-state index is 11.9. The molecule has 6 heteroatoms. The summed E-state index contributed by atoms with van der Waals surface area (Å²) >= 11 is 1.43. The molecule has 0 heterocycles. The van der Waals surface area contributed by atoms with Crippen LogP contribution in [0.15, 0.2) is 29.2 Å². The molecule has 1 unspecified atom stereocenters. The molecule has 0 bridgehead atoms. The first-order valence-corrected chi connectivity index (χ1v) is 7.04. The van der Waals surface area contributed by atoms with Crippen LogP contribution in [0.1, 0.15) is 18.5 Å². The second-order valence-electron chi connectivity index (χ2n) is 3.50. The van der Waals surface area contributed by atoms with Gasteiger partial charge in [0.1, 0.15) is 0 Å². The summed E-state index contributed by atoms with van der Waals surface area (Å²) in [6.07, 6.45) is 0. The molecule has 0 saturated heterocycles. The van der Waals surface area contributed by atoms with E-state index in [4.69, 9.17) is 5.73 Å². The molecule has 1 aromatic carbocycles. The number of alkyl halides is 3. The van der Waals surface area contributed by atoms with Crippen LogP contribution >= 0.6 is 23.5 Å². The van der Waals surface area contributed by atoms with Gasteiger partial charge < -0.3 is 5.73 Å². The predicted molar refractivity (Wildman–Crippen MR) is 68.3 cm³/mol. The lowest BCUT2D eigenvalue weighted by atomic mass is 10.1. The Kier molecular flexibility index (Phi) is 5.69. The zero-order chi connectivity index (χ0) is 12.9. The van der Waals surface area contributed by atoms with Crippen molar-refractivity contribution in [2.45, 2.75) is 23.4 Å². The molecule has 0 aliphatic rings. The van der Waals surface area contributed by atoms with Crippen molar-refractivity contribution < 1.29 is 13.2 Å². The number of benzene rings is 1. The van der Waals surface area contributed by atoms with Gasteiger partial charge in [-0.1, -0.05) is 23.9 Å². The Morgan fingerprint density at radius 3 is 2.59 bits per heavy atom. The van der Waals surface area contributed by atoms with Gasteiger partial charge in [-0.2, -0.15) is 13.2 Å². The second-order valence-corrected chi connectivity index (χ2v) is 5.83. The first-order chi connectivity index (χ1) is 7.88. The van der Waals surface area contributed by atoms with Gasteiger partial charge in [-0.3, -0.25) is 0 Å².